The molecule has 2 rings (SSSR count). The average Bonchev–Trinajstić information content (AvgIpc) is 2.42. The maximum Gasteiger partial charge on any atom is 0.133 e. The molecule has 0 heterocycles. The van der Waals surface area contributed by atoms with Crippen LogP contribution in [0.3, 0.4) is 0 Å². The van der Waals surface area contributed by atoms with Gasteiger partial charge in [0.2, 0.25) is 0 Å². The number of hydrogen-bond donors (Lipinski definition) is 1. The van der Waals surface area contributed by atoms with Crippen LogP contribution in [0.1, 0.15) is 22.7 Å². The first-order valence-electron chi connectivity index (χ1n) is 6.23. The Morgan fingerprint density at radius 3 is 2.47 bits per heavy atom. The van der Waals surface area contributed by atoms with Crippen molar-refractivity contribution in [3.05, 3.63) is 63.6 Å². The van der Waals surface area contributed by atoms with E-state index in [0.29, 0.717) is 0 Å². The molecule has 100 valence electrons. The fourth-order valence-corrected chi connectivity index (χ4v) is 2.83. The quantitative estimate of drug-likeness (QED) is 0.917. The van der Waals surface area contributed by atoms with E-state index >= 15 is 0 Å². The van der Waals surface area contributed by atoms with E-state index in [1.807, 2.05) is 13.1 Å². The van der Waals surface area contributed by atoms with Crippen molar-refractivity contribution < 1.29 is 4.74 Å². The van der Waals surface area contributed by atoms with Crippen LogP contribution in [0.15, 0.2) is 46.9 Å². The Kier molecular flexibility index (Phi) is 4.61. The first-order valence-corrected chi connectivity index (χ1v) is 7.03. The molecule has 0 aliphatic carbocycles. The Morgan fingerprint density at radius 2 is 1.89 bits per heavy atom. The van der Waals surface area contributed by atoms with Gasteiger partial charge in [-0.25, -0.2) is 0 Å². The molecule has 0 aromatic heterocycles. The normalized spacial score (nSPS) is 12.2. The predicted molar refractivity (Wildman–Crippen MR) is 82.8 cm³/mol. The number of methoxy groups -OCH3 is 1. The van der Waals surface area contributed by atoms with Crippen molar-refractivity contribution in [2.24, 2.45) is 0 Å². The van der Waals surface area contributed by atoms with E-state index in [1.54, 1.807) is 7.11 Å². The molecule has 0 amide bonds. The lowest BCUT2D eigenvalue weighted by molar-refractivity contribution is 0.412. The Bertz CT molecular complexity index is 568. The summed E-state index contributed by atoms with van der Waals surface area (Å²) in [5.74, 6) is 0.850. The molecule has 0 fully saturated rings. The fourth-order valence-electron chi connectivity index (χ4n) is 2.27. The summed E-state index contributed by atoms with van der Waals surface area (Å²) in [6.45, 7) is 2.14. The number of hydrogen-bond acceptors (Lipinski definition) is 2. The highest BCUT2D eigenvalue weighted by Crippen LogP contribution is 2.31. The molecule has 1 atom stereocenters. The van der Waals surface area contributed by atoms with Gasteiger partial charge in [0.05, 0.1) is 17.6 Å². The first kappa shape index (κ1) is 14.1. The van der Waals surface area contributed by atoms with Gasteiger partial charge in [0, 0.05) is 0 Å². The second-order valence-electron chi connectivity index (χ2n) is 4.47. The Morgan fingerprint density at radius 1 is 1.16 bits per heavy atom. The van der Waals surface area contributed by atoms with Gasteiger partial charge >= 0.3 is 0 Å². The van der Waals surface area contributed by atoms with Gasteiger partial charge in [-0.1, -0.05) is 30.3 Å². The summed E-state index contributed by atoms with van der Waals surface area (Å²) < 4.78 is 6.25. The smallest absolute Gasteiger partial charge is 0.133 e. The van der Waals surface area contributed by atoms with E-state index in [-0.39, 0.29) is 6.04 Å². The number of halogens is 1. The monoisotopic (exact) mass is 319 g/mol. The summed E-state index contributed by atoms with van der Waals surface area (Å²) in [4.78, 5) is 0. The second-order valence-corrected chi connectivity index (χ2v) is 5.33. The molecule has 0 aliphatic rings. The van der Waals surface area contributed by atoms with Crippen molar-refractivity contribution in [2.45, 2.75) is 13.0 Å². The summed E-state index contributed by atoms with van der Waals surface area (Å²) in [6.07, 6.45) is 0. The molecule has 1 unspecified atom stereocenters. The highest BCUT2D eigenvalue weighted by Gasteiger charge is 2.15. The van der Waals surface area contributed by atoms with E-state index in [0.717, 1.165) is 10.2 Å². The van der Waals surface area contributed by atoms with Gasteiger partial charge < -0.3 is 10.1 Å². The summed E-state index contributed by atoms with van der Waals surface area (Å²) in [5.41, 5.74) is 3.79. The molecule has 19 heavy (non-hydrogen) atoms. The van der Waals surface area contributed by atoms with E-state index in [4.69, 9.17) is 4.74 Å². The van der Waals surface area contributed by atoms with Crippen LogP contribution < -0.4 is 10.1 Å². The Hall–Kier alpha value is -1.32. The van der Waals surface area contributed by atoms with Gasteiger partial charge in [-0.3, -0.25) is 0 Å². The topological polar surface area (TPSA) is 21.3 Å². The minimum absolute atomic E-state index is 0.184. The summed E-state index contributed by atoms with van der Waals surface area (Å²) in [7, 11) is 3.66. The third-order valence-electron chi connectivity index (χ3n) is 3.30. The number of rotatable bonds is 4. The van der Waals surface area contributed by atoms with Gasteiger partial charge in [-0.2, -0.15) is 0 Å². The van der Waals surface area contributed by atoms with Gasteiger partial charge in [0.25, 0.3) is 0 Å². The number of nitrogens with one attached hydrogen (secondary N) is 1. The van der Waals surface area contributed by atoms with Crippen LogP contribution in [0.5, 0.6) is 5.75 Å². The third-order valence-corrected chi connectivity index (χ3v) is 3.92. The van der Waals surface area contributed by atoms with Crippen LogP contribution in [0.2, 0.25) is 0 Å². The zero-order chi connectivity index (χ0) is 13.8. The minimum atomic E-state index is 0.184. The molecule has 3 heteroatoms. The molecular formula is C16H18BrNO. The van der Waals surface area contributed by atoms with Crippen LogP contribution in [0, 0.1) is 6.92 Å². The summed E-state index contributed by atoms with van der Waals surface area (Å²) in [6, 6.07) is 14.8. The molecule has 2 aromatic carbocycles. The van der Waals surface area contributed by atoms with Gasteiger partial charge in [0.1, 0.15) is 5.75 Å². The molecule has 0 radical (unpaired) electrons. The lowest BCUT2D eigenvalue weighted by atomic mass is 9.95. The number of ether oxygens (including phenoxy) is 1. The predicted octanol–water partition coefficient (Wildman–Crippen LogP) is 4.07. The lowest BCUT2D eigenvalue weighted by Crippen LogP contribution is -2.18. The Labute approximate surface area is 122 Å². The van der Waals surface area contributed by atoms with Gasteiger partial charge in [-0.15, -0.1) is 0 Å². The van der Waals surface area contributed by atoms with Crippen molar-refractivity contribution >= 4 is 15.9 Å². The zero-order valence-corrected chi connectivity index (χ0v) is 13.0. The van der Waals surface area contributed by atoms with Crippen molar-refractivity contribution in [1.82, 2.24) is 5.32 Å². The van der Waals surface area contributed by atoms with E-state index in [2.05, 4.69) is 64.6 Å². The largest absolute Gasteiger partial charge is 0.496 e. The van der Waals surface area contributed by atoms with Gasteiger partial charge in [0.15, 0.2) is 0 Å². The van der Waals surface area contributed by atoms with E-state index < -0.39 is 0 Å². The van der Waals surface area contributed by atoms with Crippen LogP contribution in [0.25, 0.3) is 0 Å². The van der Waals surface area contributed by atoms with Crippen LogP contribution in [-0.2, 0) is 0 Å². The summed E-state index contributed by atoms with van der Waals surface area (Å²) >= 11 is 3.54. The molecule has 1 N–H and O–H groups in total. The first-order chi connectivity index (χ1) is 9.17. The highest BCUT2D eigenvalue weighted by molar-refractivity contribution is 9.10. The lowest BCUT2D eigenvalue weighted by Gasteiger charge is -2.20. The molecule has 0 aliphatic heterocycles. The molecular weight excluding hydrogens is 302 g/mol. The van der Waals surface area contributed by atoms with E-state index in [1.165, 1.54) is 16.7 Å². The average molecular weight is 320 g/mol. The molecule has 0 spiro atoms. The standard InChI is InChI=1S/C16H18BrNO/c1-11-6-4-5-7-13(11)16(18-2)12-8-9-15(19-3)14(17)10-12/h4-10,16,18H,1-3H3. The maximum absolute atomic E-state index is 5.28. The Balaban J connectivity index is 2.43. The van der Waals surface area contributed by atoms with E-state index in [9.17, 15) is 0 Å². The van der Waals surface area contributed by atoms with Crippen LogP contribution in [0.4, 0.5) is 0 Å². The highest BCUT2D eigenvalue weighted by atomic mass is 79.9. The number of benzene rings is 2. The zero-order valence-electron chi connectivity index (χ0n) is 11.4. The SMILES string of the molecule is CNC(c1ccc(OC)c(Br)c1)c1ccccc1C. The second kappa shape index (κ2) is 6.22. The molecule has 0 saturated heterocycles. The van der Waals surface area contributed by atoms with Gasteiger partial charge in [-0.05, 0) is 58.7 Å². The molecule has 2 aromatic rings. The van der Waals surface area contributed by atoms with Crippen molar-refractivity contribution in [3.63, 3.8) is 0 Å². The molecule has 2 nitrogen and oxygen atoms in total. The fraction of sp³-hybridized carbons (Fsp3) is 0.250. The molecule has 0 saturated carbocycles. The molecule has 0 bridgehead atoms. The maximum atomic E-state index is 5.28. The van der Waals surface area contributed by atoms with Crippen LogP contribution in [-0.4, -0.2) is 14.2 Å². The minimum Gasteiger partial charge on any atom is -0.496 e. The van der Waals surface area contributed by atoms with Crippen LogP contribution >= 0.6 is 15.9 Å². The van der Waals surface area contributed by atoms with Crippen molar-refractivity contribution in [2.75, 3.05) is 14.2 Å². The van der Waals surface area contributed by atoms with Crippen molar-refractivity contribution in [3.8, 4) is 5.75 Å². The van der Waals surface area contributed by atoms with Crippen molar-refractivity contribution in [1.29, 1.82) is 0 Å². The summed E-state index contributed by atoms with van der Waals surface area (Å²) in [5, 5.41) is 3.38. The number of aryl methyl sites for hydroxylation is 1. The third kappa shape index (κ3) is 2.99.